The van der Waals surface area contributed by atoms with E-state index in [0.717, 1.165) is 36.3 Å². The zero-order valence-electron chi connectivity index (χ0n) is 16.8. The molecule has 0 bridgehead atoms. The Kier molecular flexibility index (Phi) is 5.98. The summed E-state index contributed by atoms with van der Waals surface area (Å²) in [5.41, 5.74) is 2.09. The number of aromatic nitrogens is 1. The van der Waals surface area contributed by atoms with E-state index in [1.54, 1.807) is 7.11 Å². The number of anilines is 1. The van der Waals surface area contributed by atoms with Crippen LogP contribution in [0.25, 0.3) is 0 Å². The molecule has 1 aromatic heterocycles. The fourth-order valence-electron chi connectivity index (χ4n) is 3.72. The van der Waals surface area contributed by atoms with Gasteiger partial charge in [-0.2, -0.15) is 0 Å². The third-order valence-electron chi connectivity index (χ3n) is 5.39. The minimum Gasteiger partial charge on any atom is -0.497 e. The van der Waals surface area contributed by atoms with Gasteiger partial charge in [-0.1, -0.05) is 12.1 Å². The minimum atomic E-state index is -0.666. The first-order chi connectivity index (χ1) is 14.5. The van der Waals surface area contributed by atoms with E-state index in [1.165, 1.54) is 21.1 Å². The van der Waals surface area contributed by atoms with Gasteiger partial charge in [0.25, 0.3) is 5.91 Å². The van der Waals surface area contributed by atoms with Crippen molar-refractivity contribution in [3.8, 4) is 5.75 Å². The van der Waals surface area contributed by atoms with Crippen molar-refractivity contribution >= 4 is 34.3 Å². The maximum Gasteiger partial charge on any atom is 0.324 e. The third-order valence-corrected chi connectivity index (χ3v) is 6.47. The number of rotatable bonds is 8. The topological polar surface area (TPSA) is 101 Å². The summed E-state index contributed by atoms with van der Waals surface area (Å²) >= 11 is 1.52. The number of benzene rings is 1. The van der Waals surface area contributed by atoms with E-state index in [1.807, 2.05) is 24.3 Å². The molecule has 1 saturated heterocycles. The molecule has 4 rings (SSSR count). The first-order valence-electron chi connectivity index (χ1n) is 10.1. The molecule has 0 saturated carbocycles. The first-order valence-corrected chi connectivity index (χ1v) is 10.9. The normalized spacial score (nSPS) is 17.8. The van der Waals surface area contributed by atoms with Crippen LogP contribution in [-0.2, 0) is 28.9 Å². The van der Waals surface area contributed by atoms with Crippen LogP contribution in [-0.4, -0.2) is 47.4 Å². The van der Waals surface area contributed by atoms with Gasteiger partial charge in [-0.3, -0.25) is 14.5 Å². The summed E-state index contributed by atoms with van der Waals surface area (Å²) in [7, 11) is 1.60. The SMILES string of the molecule is COc1ccc(CCN2C(=O)N[C@@H](CCC(=O)Nc3nc4c(s3)CCC4)C2=O)cc1. The van der Waals surface area contributed by atoms with Crippen LogP contribution in [0, 0.1) is 0 Å². The predicted molar refractivity (Wildman–Crippen MR) is 113 cm³/mol. The van der Waals surface area contributed by atoms with Crippen LogP contribution in [0.3, 0.4) is 0 Å². The number of nitrogens with one attached hydrogen (secondary N) is 2. The van der Waals surface area contributed by atoms with E-state index in [4.69, 9.17) is 4.74 Å². The van der Waals surface area contributed by atoms with Crippen molar-refractivity contribution in [1.82, 2.24) is 15.2 Å². The van der Waals surface area contributed by atoms with Crippen LogP contribution in [0.2, 0.25) is 0 Å². The summed E-state index contributed by atoms with van der Waals surface area (Å²) in [6.45, 7) is 0.296. The second-order valence-corrected chi connectivity index (χ2v) is 8.50. The van der Waals surface area contributed by atoms with Crippen LogP contribution in [0.15, 0.2) is 24.3 Å². The zero-order chi connectivity index (χ0) is 21.1. The Morgan fingerprint density at radius 3 is 2.83 bits per heavy atom. The van der Waals surface area contributed by atoms with E-state index < -0.39 is 12.1 Å². The molecular formula is C21H24N4O4S. The maximum absolute atomic E-state index is 12.6. The highest BCUT2D eigenvalue weighted by Gasteiger charge is 2.37. The van der Waals surface area contributed by atoms with E-state index in [0.29, 0.717) is 18.1 Å². The predicted octanol–water partition coefficient (Wildman–Crippen LogP) is 2.52. The molecule has 2 heterocycles. The largest absolute Gasteiger partial charge is 0.497 e. The summed E-state index contributed by atoms with van der Waals surface area (Å²) in [6, 6.07) is 6.44. The van der Waals surface area contributed by atoms with Crippen molar-refractivity contribution in [3.05, 3.63) is 40.4 Å². The fraction of sp³-hybridized carbons (Fsp3) is 0.429. The molecule has 0 unspecified atom stereocenters. The molecule has 1 fully saturated rings. The molecular weight excluding hydrogens is 404 g/mol. The second kappa shape index (κ2) is 8.83. The Bertz CT molecular complexity index is 935. The molecule has 1 aromatic carbocycles. The smallest absolute Gasteiger partial charge is 0.324 e. The van der Waals surface area contributed by atoms with Gasteiger partial charge in [-0.15, -0.1) is 11.3 Å². The van der Waals surface area contributed by atoms with Gasteiger partial charge >= 0.3 is 6.03 Å². The van der Waals surface area contributed by atoms with Gasteiger partial charge in [-0.05, 0) is 49.8 Å². The number of urea groups is 1. The summed E-state index contributed by atoms with van der Waals surface area (Å²) in [6.07, 6.45) is 4.09. The van der Waals surface area contributed by atoms with E-state index in [-0.39, 0.29) is 24.7 Å². The number of carbonyl (C=O) groups is 3. The number of thiazole rings is 1. The molecule has 30 heavy (non-hydrogen) atoms. The Morgan fingerprint density at radius 1 is 1.30 bits per heavy atom. The molecule has 2 N–H and O–H groups in total. The highest BCUT2D eigenvalue weighted by Crippen LogP contribution is 2.30. The first kappa shape index (κ1) is 20.3. The van der Waals surface area contributed by atoms with Gasteiger partial charge in [0, 0.05) is 17.8 Å². The number of hydrogen-bond acceptors (Lipinski definition) is 6. The molecule has 4 amide bonds. The number of methoxy groups -OCH3 is 1. The summed E-state index contributed by atoms with van der Waals surface area (Å²) in [5, 5.41) is 6.11. The van der Waals surface area contributed by atoms with Crippen LogP contribution in [0.5, 0.6) is 5.75 Å². The number of ether oxygens (including phenoxy) is 1. The van der Waals surface area contributed by atoms with Gasteiger partial charge in [0.1, 0.15) is 11.8 Å². The number of nitrogens with zero attached hydrogens (tertiary/aromatic N) is 2. The van der Waals surface area contributed by atoms with Crippen LogP contribution >= 0.6 is 11.3 Å². The lowest BCUT2D eigenvalue weighted by molar-refractivity contribution is -0.127. The number of fused-ring (bicyclic) bond motifs is 1. The Morgan fingerprint density at radius 2 is 2.10 bits per heavy atom. The average Bonchev–Trinajstić information content (AvgIpc) is 3.39. The number of imide groups is 1. The Hall–Kier alpha value is -2.94. The fourth-order valence-corrected chi connectivity index (χ4v) is 4.78. The molecule has 1 aliphatic carbocycles. The highest BCUT2D eigenvalue weighted by molar-refractivity contribution is 7.15. The number of hydrogen-bond donors (Lipinski definition) is 2. The maximum atomic E-state index is 12.6. The van der Waals surface area contributed by atoms with Gasteiger partial charge in [0.15, 0.2) is 5.13 Å². The van der Waals surface area contributed by atoms with Gasteiger partial charge in [-0.25, -0.2) is 9.78 Å². The monoisotopic (exact) mass is 428 g/mol. The molecule has 1 atom stereocenters. The molecule has 158 valence electrons. The van der Waals surface area contributed by atoms with Crippen molar-refractivity contribution in [2.45, 2.75) is 44.6 Å². The van der Waals surface area contributed by atoms with Crippen molar-refractivity contribution in [3.63, 3.8) is 0 Å². The lowest BCUT2D eigenvalue weighted by Gasteiger charge is -2.13. The lowest BCUT2D eigenvalue weighted by Crippen LogP contribution is -2.33. The average molecular weight is 429 g/mol. The number of aryl methyl sites for hydroxylation is 2. The molecule has 2 aliphatic rings. The van der Waals surface area contributed by atoms with Crippen LogP contribution in [0.4, 0.5) is 9.93 Å². The third kappa shape index (κ3) is 4.46. The Balaban J connectivity index is 1.25. The molecule has 8 nitrogen and oxygen atoms in total. The van der Waals surface area contributed by atoms with Crippen molar-refractivity contribution in [2.75, 3.05) is 19.0 Å². The number of amides is 4. The van der Waals surface area contributed by atoms with Gasteiger partial charge in [0.05, 0.1) is 12.8 Å². The summed E-state index contributed by atoms with van der Waals surface area (Å²) in [4.78, 5) is 43.9. The lowest BCUT2D eigenvalue weighted by atomic mass is 10.1. The second-order valence-electron chi connectivity index (χ2n) is 7.42. The van der Waals surface area contributed by atoms with E-state index in [9.17, 15) is 14.4 Å². The molecule has 0 radical (unpaired) electrons. The highest BCUT2D eigenvalue weighted by atomic mass is 32.1. The zero-order valence-corrected chi connectivity index (χ0v) is 17.6. The van der Waals surface area contributed by atoms with E-state index >= 15 is 0 Å². The number of carbonyl (C=O) groups excluding carboxylic acids is 3. The van der Waals surface area contributed by atoms with Crippen molar-refractivity contribution < 1.29 is 19.1 Å². The van der Waals surface area contributed by atoms with Gasteiger partial charge < -0.3 is 15.4 Å². The van der Waals surface area contributed by atoms with Crippen molar-refractivity contribution in [2.24, 2.45) is 0 Å². The molecule has 1 aliphatic heterocycles. The van der Waals surface area contributed by atoms with Gasteiger partial charge in [0.2, 0.25) is 5.91 Å². The molecule has 0 spiro atoms. The quantitative estimate of drug-likeness (QED) is 0.630. The van der Waals surface area contributed by atoms with Crippen LogP contribution in [0.1, 0.15) is 35.4 Å². The molecule has 9 heteroatoms. The molecule has 2 aromatic rings. The van der Waals surface area contributed by atoms with Crippen LogP contribution < -0.4 is 15.4 Å². The summed E-state index contributed by atoms with van der Waals surface area (Å²) < 4.78 is 5.13. The minimum absolute atomic E-state index is 0.146. The Labute approximate surface area is 178 Å². The standard InChI is InChI=1S/C21H24N4O4S/c1-29-14-7-5-13(6-8-14)11-12-25-19(27)16(23-21(25)28)9-10-18(26)24-20-22-15-3-2-4-17(15)30-20/h5-8,16H,2-4,9-12H2,1H3,(H,23,28)(H,22,24,26)/t16-/m0/s1. The summed E-state index contributed by atoms with van der Waals surface area (Å²) in [5.74, 6) is 0.283. The van der Waals surface area contributed by atoms with E-state index in [2.05, 4.69) is 15.6 Å². The van der Waals surface area contributed by atoms with Crippen molar-refractivity contribution in [1.29, 1.82) is 0 Å².